The second-order valence-electron chi connectivity index (χ2n) is 4.65. The molecule has 6 heteroatoms. The van der Waals surface area contributed by atoms with Crippen LogP contribution < -0.4 is 5.32 Å². The van der Waals surface area contributed by atoms with Crippen molar-refractivity contribution >= 4 is 11.8 Å². The minimum Gasteiger partial charge on any atom is -0.464 e. The first-order chi connectivity index (χ1) is 10.1. The Bertz CT molecular complexity index is 599. The lowest BCUT2D eigenvalue weighted by atomic mass is 10.1. The SMILES string of the molecule is COC(=O)c1cnc(NC(C)Cc2ccc(F)cc2)cn1. The van der Waals surface area contributed by atoms with E-state index in [1.807, 2.05) is 6.92 Å². The number of ether oxygens (including phenoxy) is 1. The maximum Gasteiger partial charge on any atom is 0.358 e. The number of carbonyl (C=O) groups is 1. The molecule has 1 unspecified atom stereocenters. The van der Waals surface area contributed by atoms with E-state index in [-0.39, 0.29) is 17.6 Å². The minimum atomic E-state index is -0.520. The Balaban J connectivity index is 1.94. The second-order valence-corrected chi connectivity index (χ2v) is 4.65. The number of carbonyl (C=O) groups excluding carboxylic acids is 1. The molecular formula is C15H16FN3O2. The van der Waals surface area contributed by atoms with Crippen LogP contribution in [0.5, 0.6) is 0 Å². The lowest BCUT2D eigenvalue weighted by molar-refractivity contribution is 0.0593. The van der Waals surface area contributed by atoms with E-state index in [2.05, 4.69) is 20.0 Å². The molecule has 5 nitrogen and oxygen atoms in total. The molecular weight excluding hydrogens is 273 g/mol. The van der Waals surface area contributed by atoms with E-state index in [0.717, 1.165) is 12.0 Å². The molecule has 0 saturated heterocycles. The molecule has 0 saturated carbocycles. The van der Waals surface area contributed by atoms with Gasteiger partial charge in [0.05, 0.1) is 19.5 Å². The number of esters is 1. The Morgan fingerprint density at radius 2 is 2.00 bits per heavy atom. The summed E-state index contributed by atoms with van der Waals surface area (Å²) in [7, 11) is 1.29. The number of hydrogen-bond donors (Lipinski definition) is 1. The van der Waals surface area contributed by atoms with Gasteiger partial charge in [-0.1, -0.05) is 12.1 Å². The Hall–Kier alpha value is -2.50. The maximum absolute atomic E-state index is 12.8. The van der Waals surface area contributed by atoms with Gasteiger partial charge in [0.2, 0.25) is 0 Å². The molecule has 0 bridgehead atoms. The van der Waals surface area contributed by atoms with Crippen molar-refractivity contribution in [3.8, 4) is 0 Å². The van der Waals surface area contributed by atoms with Crippen molar-refractivity contribution in [2.75, 3.05) is 12.4 Å². The van der Waals surface area contributed by atoms with Crippen molar-refractivity contribution in [1.29, 1.82) is 0 Å². The first-order valence-electron chi connectivity index (χ1n) is 6.50. The molecule has 2 aromatic rings. The predicted octanol–water partition coefficient (Wildman–Crippen LogP) is 2.45. The summed E-state index contributed by atoms with van der Waals surface area (Å²) in [5.74, 6) is -0.200. The summed E-state index contributed by atoms with van der Waals surface area (Å²) in [6.45, 7) is 1.99. The zero-order valence-electron chi connectivity index (χ0n) is 11.8. The molecule has 2 rings (SSSR count). The summed E-state index contributed by atoms with van der Waals surface area (Å²) < 4.78 is 17.4. The summed E-state index contributed by atoms with van der Waals surface area (Å²) in [6.07, 6.45) is 3.56. The fourth-order valence-corrected chi connectivity index (χ4v) is 1.89. The highest BCUT2D eigenvalue weighted by atomic mass is 19.1. The molecule has 1 heterocycles. The number of methoxy groups -OCH3 is 1. The van der Waals surface area contributed by atoms with Crippen molar-refractivity contribution in [3.63, 3.8) is 0 Å². The van der Waals surface area contributed by atoms with Gasteiger partial charge in [0.1, 0.15) is 11.6 Å². The van der Waals surface area contributed by atoms with Gasteiger partial charge in [0, 0.05) is 6.04 Å². The number of rotatable bonds is 5. The molecule has 21 heavy (non-hydrogen) atoms. The monoisotopic (exact) mass is 289 g/mol. The maximum atomic E-state index is 12.8. The van der Waals surface area contributed by atoms with E-state index in [1.165, 1.54) is 31.6 Å². The molecule has 0 spiro atoms. The molecule has 0 fully saturated rings. The van der Waals surface area contributed by atoms with Crippen LogP contribution in [-0.2, 0) is 11.2 Å². The number of nitrogens with one attached hydrogen (secondary N) is 1. The highest BCUT2D eigenvalue weighted by Crippen LogP contribution is 2.09. The number of aromatic nitrogens is 2. The van der Waals surface area contributed by atoms with Gasteiger partial charge in [0.15, 0.2) is 5.69 Å². The fourth-order valence-electron chi connectivity index (χ4n) is 1.89. The van der Waals surface area contributed by atoms with Gasteiger partial charge in [-0.2, -0.15) is 0 Å². The van der Waals surface area contributed by atoms with E-state index in [4.69, 9.17) is 0 Å². The molecule has 1 N–H and O–H groups in total. The first-order valence-corrected chi connectivity index (χ1v) is 6.50. The van der Waals surface area contributed by atoms with Crippen LogP contribution >= 0.6 is 0 Å². The lowest BCUT2D eigenvalue weighted by Crippen LogP contribution is -2.19. The number of anilines is 1. The van der Waals surface area contributed by atoms with Gasteiger partial charge in [-0.15, -0.1) is 0 Å². The molecule has 0 radical (unpaired) electrons. The molecule has 0 aliphatic heterocycles. The van der Waals surface area contributed by atoms with Crippen molar-refractivity contribution in [1.82, 2.24) is 9.97 Å². The van der Waals surface area contributed by atoms with E-state index in [9.17, 15) is 9.18 Å². The van der Waals surface area contributed by atoms with Crippen LogP contribution in [0.4, 0.5) is 10.2 Å². The second kappa shape index (κ2) is 6.78. The quantitative estimate of drug-likeness (QED) is 0.857. The third-order valence-electron chi connectivity index (χ3n) is 2.90. The fraction of sp³-hybridized carbons (Fsp3) is 0.267. The highest BCUT2D eigenvalue weighted by Gasteiger charge is 2.09. The summed E-state index contributed by atoms with van der Waals surface area (Å²) >= 11 is 0. The van der Waals surface area contributed by atoms with Crippen LogP contribution in [0, 0.1) is 5.82 Å². The van der Waals surface area contributed by atoms with Gasteiger partial charge < -0.3 is 10.1 Å². The Morgan fingerprint density at radius 1 is 1.29 bits per heavy atom. The molecule has 1 aromatic heterocycles. The summed E-state index contributed by atoms with van der Waals surface area (Å²) in [5, 5.41) is 3.17. The number of nitrogens with zero attached hydrogens (tertiary/aromatic N) is 2. The van der Waals surface area contributed by atoms with Gasteiger partial charge in [-0.05, 0) is 31.0 Å². The van der Waals surface area contributed by atoms with Gasteiger partial charge >= 0.3 is 5.97 Å². The van der Waals surface area contributed by atoms with Crippen LogP contribution in [0.1, 0.15) is 23.0 Å². The molecule has 110 valence electrons. The van der Waals surface area contributed by atoms with Crippen molar-refractivity contribution < 1.29 is 13.9 Å². The van der Waals surface area contributed by atoms with Crippen LogP contribution in [0.3, 0.4) is 0 Å². The van der Waals surface area contributed by atoms with Crippen LogP contribution in [-0.4, -0.2) is 29.1 Å². The van der Waals surface area contributed by atoms with E-state index in [1.54, 1.807) is 12.1 Å². The largest absolute Gasteiger partial charge is 0.464 e. The van der Waals surface area contributed by atoms with Crippen LogP contribution in [0.25, 0.3) is 0 Å². The van der Waals surface area contributed by atoms with Gasteiger partial charge in [0.25, 0.3) is 0 Å². The zero-order valence-corrected chi connectivity index (χ0v) is 11.8. The van der Waals surface area contributed by atoms with Crippen molar-refractivity contribution in [2.45, 2.75) is 19.4 Å². The van der Waals surface area contributed by atoms with Crippen molar-refractivity contribution in [2.24, 2.45) is 0 Å². The Labute approximate surface area is 122 Å². The summed E-state index contributed by atoms with van der Waals surface area (Å²) in [5.41, 5.74) is 1.18. The third kappa shape index (κ3) is 4.24. The van der Waals surface area contributed by atoms with Gasteiger partial charge in [-0.25, -0.2) is 19.2 Å². The number of benzene rings is 1. The number of hydrogen-bond acceptors (Lipinski definition) is 5. The lowest BCUT2D eigenvalue weighted by Gasteiger charge is -2.14. The molecule has 0 amide bonds. The van der Waals surface area contributed by atoms with Gasteiger partial charge in [-0.3, -0.25) is 0 Å². The first kappa shape index (κ1) is 14.9. The standard InChI is InChI=1S/C15H16FN3O2/c1-10(7-11-3-5-12(16)6-4-11)19-14-9-17-13(8-18-14)15(20)21-2/h3-6,8-10H,7H2,1-2H3,(H,18,19). The van der Waals surface area contributed by atoms with E-state index < -0.39 is 5.97 Å². The molecule has 0 aliphatic carbocycles. The van der Waals surface area contributed by atoms with E-state index >= 15 is 0 Å². The minimum absolute atomic E-state index is 0.0914. The average molecular weight is 289 g/mol. The average Bonchev–Trinajstić information content (AvgIpc) is 2.49. The third-order valence-corrected chi connectivity index (χ3v) is 2.90. The Morgan fingerprint density at radius 3 is 2.57 bits per heavy atom. The zero-order chi connectivity index (χ0) is 15.2. The molecule has 0 aliphatic rings. The number of halogens is 1. The normalized spacial score (nSPS) is 11.8. The summed E-state index contributed by atoms with van der Waals surface area (Å²) in [6, 6.07) is 6.47. The molecule has 1 atom stereocenters. The Kier molecular flexibility index (Phi) is 4.81. The van der Waals surface area contributed by atoms with Crippen LogP contribution in [0.2, 0.25) is 0 Å². The molecule has 1 aromatic carbocycles. The predicted molar refractivity (Wildman–Crippen MR) is 76.6 cm³/mol. The van der Waals surface area contributed by atoms with Crippen molar-refractivity contribution in [3.05, 3.63) is 53.7 Å². The van der Waals surface area contributed by atoms with Crippen LogP contribution in [0.15, 0.2) is 36.7 Å². The smallest absolute Gasteiger partial charge is 0.358 e. The highest BCUT2D eigenvalue weighted by molar-refractivity contribution is 5.86. The topological polar surface area (TPSA) is 64.1 Å². The van der Waals surface area contributed by atoms with E-state index in [0.29, 0.717) is 5.82 Å². The summed E-state index contributed by atoms with van der Waals surface area (Å²) in [4.78, 5) is 19.3.